The van der Waals surface area contributed by atoms with Crippen LogP contribution in [0.25, 0.3) is 0 Å². The average molecular weight is 415 g/mol. The van der Waals surface area contributed by atoms with Crippen molar-refractivity contribution in [1.82, 2.24) is 4.90 Å². The maximum absolute atomic E-state index is 14.1. The molecule has 6 nitrogen and oxygen atoms in total. The molecule has 1 aromatic rings. The number of carbonyl (C=O) groups excluding carboxylic acids is 1. The molecule has 1 aliphatic heterocycles. The molecule has 1 aliphatic carbocycles. The standard InChI is InChI=1S/C23H26FNO5/c1-14(17-6-3-4-8-19(17)24)20(26)16-9-12-25(13-10-16)23(22(29)30)11-5-7-18(15(23)2)21(27)28/h3-8,11,14-16H,9-10,12-13H2,1-2H3,(H,27,28)(H,29,30). The number of Topliss-reactive ketones (excluding diaryl/α,β-unsaturated/α-hetero) is 1. The van der Waals surface area contributed by atoms with Crippen molar-refractivity contribution in [2.45, 2.75) is 38.1 Å². The minimum absolute atomic E-state index is 0.0475. The van der Waals surface area contributed by atoms with Gasteiger partial charge in [0.1, 0.15) is 17.1 Å². The van der Waals surface area contributed by atoms with Gasteiger partial charge in [-0.15, -0.1) is 0 Å². The average Bonchev–Trinajstić information content (AvgIpc) is 2.73. The molecule has 1 saturated heterocycles. The van der Waals surface area contributed by atoms with Gasteiger partial charge in [-0.25, -0.2) is 14.0 Å². The summed E-state index contributed by atoms with van der Waals surface area (Å²) in [4.78, 5) is 38.5. The largest absolute Gasteiger partial charge is 0.480 e. The Morgan fingerprint density at radius 2 is 1.80 bits per heavy atom. The van der Waals surface area contributed by atoms with Gasteiger partial charge in [-0.3, -0.25) is 9.69 Å². The number of carboxylic acid groups (broad SMARTS) is 2. The summed E-state index contributed by atoms with van der Waals surface area (Å²) in [5.41, 5.74) is -1.05. The van der Waals surface area contributed by atoms with Crippen LogP contribution in [0.3, 0.4) is 0 Å². The molecule has 0 spiro atoms. The van der Waals surface area contributed by atoms with Gasteiger partial charge in [-0.2, -0.15) is 0 Å². The van der Waals surface area contributed by atoms with Gasteiger partial charge in [-0.05, 0) is 24.5 Å². The summed E-state index contributed by atoms with van der Waals surface area (Å²) in [6.07, 6.45) is 5.34. The van der Waals surface area contributed by atoms with Crippen LogP contribution >= 0.6 is 0 Å². The van der Waals surface area contributed by atoms with E-state index in [9.17, 15) is 29.0 Å². The Morgan fingerprint density at radius 3 is 2.37 bits per heavy atom. The van der Waals surface area contributed by atoms with Crippen LogP contribution in [-0.4, -0.2) is 51.5 Å². The van der Waals surface area contributed by atoms with E-state index in [4.69, 9.17) is 0 Å². The van der Waals surface area contributed by atoms with Crippen molar-refractivity contribution in [2.75, 3.05) is 13.1 Å². The van der Waals surface area contributed by atoms with Crippen molar-refractivity contribution in [3.63, 3.8) is 0 Å². The highest BCUT2D eigenvalue weighted by atomic mass is 19.1. The fourth-order valence-corrected chi connectivity index (χ4v) is 4.72. The Kier molecular flexibility index (Phi) is 6.22. The number of rotatable bonds is 6. The molecule has 0 radical (unpaired) electrons. The van der Waals surface area contributed by atoms with Crippen LogP contribution in [0.15, 0.2) is 48.1 Å². The molecular weight excluding hydrogens is 389 g/mol. The van der Waals surface area contributed by atoms with Crippen LogP contribution in [0.1, 0.15) is 38.2 Å². The van der Waals surface area contributed by atoms with E-state index in [1.807, 2.05) is 0 Å². The first-order valence-electron chi connectivity index (χ1n) is 10.1. The molecule has 160 valence electrons. The number of nitrogens with zero attached hydrogens (tertiary/aromatic N) is 1. The Morgan fingerprint density at radius 1 is 1.17 bits per heavy atom. The SMILES string of the molecule is CC(C(=O)C1CCN(C2(C(=O)O)C=CC=C(C(=O)O)C2C)CC1)c1ccccc1F. The highest BCUT2D eigenvalue weighted by Gasteiger charge is 2.51. The topological polar surface area (TPSA) is 94.9 Å². The number of ketones is 1. The fourth-order valence-electron chi connectivity index (χ4n) is 4.72. The number of allylic oxidation sites excluding steroid dienone is 2. The van der Waals surface area contributed by atoms with Crippen LogP contribution in [0, 0.1) is 17.7 Å². The molecule has 3 unspecified atom stereocenters. The lowest BCUT2D eigenvalue weighted by Gasteiger charge is -2.47. The van der Waals surface area contributed by atoms with E-state index in [1.165, 1.54) is 24.3 Å². The molecule has 0 aromatic heterocycles. The number of hydrogen-bond donors (Lipinski definition) is 2. The highest BCUT2D eigenvalue weighted by Crippen LogP contribution is 2.39. The van der Waals surface area contributed by atoms with Gasteiger partial charge in [0.15, 0.2) is 0 Å². The Hall–Kier alpha value is -2.80. The first-order valence-corrected chi connectivity index (χ1v) is 10.1. The van der Waals surface area contributed by atoms with Crippen LogP contribution in [0.5, 0.6) is 0 Å². The summed E-state index contributed by atoms with van der Waals surface area (Å²) < 4.78 is 14.1. The molecule has 1 fully saturated rings. The van der Waals surface area contributed by atoms with Crippen molar-refractivity contribution >= 4 is 17.7 Å². The van der Waals surface area contributed by atoms with E-state index in [-0.39, 0.29) is 17.3 Å². The highest BCUT2D eigenvalue weighted by molar-refractivity contribution is 5.93. The number of likely N-dealkylation sites (tertiary alicyclic amines) is 1. The predicted octanol–water partition coefficient (Wildman–Crippen LogP) is 3.25. The van der Waals surface area contributed by atoms with Crippen molar-refractivity contribution in [2.24, 2.45) is 11.8 Å². The van der Waals surface area contributed by atoms with Crippen LogP contribution < -0.4 is 0 Å². The Balaban J connectivity index is 1.75. The van der Waals surface area contributed by atoms with Gasteiger partial charge >= 0.3 is 11.9 Å². The molecule has 0 bridgehead atoms. The maximum Gasteiger partial charge on any atom is 0.331 e. The van der Waals surface area contributed by atoms with Crippen LogP contribution in [-0.2, 0) is 14.4 Å². The summed E-state index contributed by atoms with van der Waals surface area (Å²) in [6, 6.07) is 6.23. The molecule has 3 rings (SSSR count). The molecular formula is C23H26FNO5. The van der Waals surface area contributed by atoms with Gasteiger partial charge in [0.05, 0.1) is 0 Å². The second-order valence-corrected chi connectivity index (χ2v) is 8.05. The van der Waals surface area contributed by atoms with Gasteiger partial charge in [-0.1, -0.05) is 50.3 Å². The molecule has 0 saturated carbocycles. The van der Waals surface area contributed by atoms with Crippen molar-refractivity contribution in [1.29, 1.82) is 0 Å². The van der Waals surface area contributed by atoms with E-state index < -0.39 is 35.1 Å². The monoisotopic (exact) mass is 415 g/mol. The molecule has 2 aliphatic rings. The van der Waals surface area contributed by atoms with Crippen molar-refractivity contribution in [3.8, 4) is 0 Å². The van der Waals surface area contributed by atoms with Gasteiger partial charge in [0.2, 0.25) is 0 Å². The van der Waals surface area contributed by atoms with E-state index >= 15 is 0 Å². The second-order valence-electron chi connectivity index (χ2n) is 8.05. The maximum atomic E-state index is 14.1. The predicted molar refractivity (Wildman–Crippen MR) is 109 cm³/mol. The third kappa shape index (κ3) is 3.69. The molecule has 7 heteroatoms. The second kappa shape index (κ2) is 8.52. The molecule has 3 atom stereocenters. The van der Waals surface area contributed by atoms with Gasteiger partial charge < -0.3 is 10.2 Å². The Labute approximate surface area is 174 Å². The molecule has 2 N–H and O–H groups in total. The lowest BCUT2D eigenvalue weighted by Crippen LogP contribution is -2.61. The number of hydrogen-bond acceptors (Lipinski definition) is 4. The zero-order chi connectivity index (χ0) is 22.1. The minimum atomic E-state index is -1.46. The third-order valence-electron chi connectivity index (χ3n) is 6.56. The number of aliphatic carboxylic acids is 2. The number of benzene rings is 1. The van der Waals surface area contributed by atoms with E-state index in [0.29, 0.717) is 31.5 Å². The smallest absolute Gasteiger partial charge is 0.331 e. The zero-order valence-electron chi connectivity index (χ0n) is 17.0. The van der Waals surface area contributed by atoms with Crippen molar-refractivity contribution in [3.05, 3.63) is 59.4 Å². The third-order valence-corrected chi connectivity index (χ3v) is 6.56. The van der Waals surface area contributed by atoms with E-state index in [1.54, 1.807) is 36.9 Å². The Bertz CT molecular complexity index is 916. The molecule has 30 heavy (non-hydrogen) atoms. The summed E-state index contributed by atoms with van der Waals surface area (Å²) >= 11 is 0. The molecule has 0 amide bonds. The minimum Gasteiger partial charge on any atom is -0.480 e. The normalized spacial score (nSPS) is 26.1. The number of halogens is 1. The van der Waals surface area contributed by atoms with E-state index in [2.05, 4.69) is 0 Å². The fraction of sp³-hybridized carbons (Fsp3) is 0.435. The van der Waals surface area contributed by atoms with E-state index in [0.717, 1.165) is 0 Å². The van der Waals surface area contributed by atoms with Crippen LogP contribution in [0.4, 0.5) is 4.39 Å². The number of carboxylic acids is 2. The summed E-state index contributed by atoms with van der Waals surface area (Å²) in [7, 11) is 0. The lowest BCUT2D eigenvalue weighted by atomic mass is 9.73. The number of piperidine rings is 1. The lowest BCUT2D eigenvalue weighted by molar-refractivity contribution is -0.152. The number of carbonyl (C=O) groups is 3. The first-order chi connectivity index (χ1) is 14.2. The summed E-state index contributed by atoms with van der Waals surface area (Å²) in [6.45, 7) is 3.99. The van der Waals surface area contributed by atoms with Crippen LogP contribution in [0.2, 0.25) is 0 Å². The summed E-state index contributed by atoms with van der Waals surface area (Å²) in [5, 5.41) is 19.5. The first kappa shape index (κ1) is 21.9. The van der Waals surface area contributed by atoms with Gasteiger partial charge in [0.25, 0.3) is 0 Å². The molecule has 1 aromatic carbocycles. The quantitative estimate of drug-likeness (QED) is 0.741. The molecule has 1 heterocycles. The van der Waals surface area contributed by atoms with Crippen molar-refractivity contribution < 1.29 is 29.0 Å². The summed E-state index contributed by atoms with van der Waals surface area (Å²) in [5.74, 6) is -4.33. The zero-order valence-corrected chi connectivity index (χ0v) is 17.0. The van der Waals surface area contributed by atoms with Gasteiger partial charge in [0, 0.05) is 36.4 Å².